The summed E-state index contributed by atoms with van der Waals surface area (Å²) in [5.74, 6) is 0. The summed E-state index contributed by atoms with van der Waals surface area (Å²) in [5.41, 5.74) is 2.77. The minimum atomic E-state index is 1.10. The van der Waals surface area contributed by atoms with Crippen molar-refractivity contribution in [3.8, 4) is 0 Å². The van der Waals surface area contributed by atoms with Crippen LogP contribution in [0.1, 0.15) is 11.1 Å². The second kappa shape index (κ2) is 4.31. The molecule has 0 spiro atoms. The van der Waals surface area contributed by atoms with Crippen molar-refractivity contribution in [2.75, 3.05) is 6.54 Å². The lowest BCUT2D eigenvalue weighted by Gasteiger charge is -2.00. The van der Waals surface area contributed by atoms with Crippen LogP contribution in [0.25, 0.3) is 0 Å². The zero-order valence-corrected chi connectivity index (χ0v) is 9.22. The quantitative estimate of drug-likeness (QED) is 0.640. The second-order valence-corrected chi connectivity index (χ2v) is 3.55. The highest BCUT2D eigenvalue weighted by molar-refractivity contribution is 6.04. The van der Waals surface area contributed by atoms with Crippen molar-refractivity contribution >= 4 is 10.4 Å². The molecule has 0 aliphatic heterocycles. The van der Waals surface area contributed by atoms with Gasteiger partial charge in [0.1, 0.15) is 0 Å². The number of benzene rings is 1. The van der Waals surface area contributed by atoms with Gasteiger partial charge in [0.25, 0.3) is 0 Å². The summed E-state index contributed by atoms with van der Waals surface area (Å²) in [4.78, 5) is 3.27. The van der Waals surface area contributed by atoms with Crippen molar-refractivity contribution in [2.24, 2.45) is 0 Å². The van der Waals surface area contributed by atoms with E-state index in [0.717, 1.165) is 23.4 Å². The van der Waals surface area contributed by atoms with E-state index in [4.69, 9.17) is 0 Å². The third-order valence-corrected chi connectivity index (χ3v) is 2.28. The third-order valence-electron chi connectivity index (χ3n) is 1.78. The van der Waals surface area contributed by atoms with Crippen LogP contribution in [-0.2, 0) is 6.42 Å². The van der Waals surface area contributed by atoms with Crippen LogP contribution in [0.4, 0.5) is 0 Å². The van der Waals surface area contributed by atoms with E-state index in [9.17, 15) is 0 Å². The molecular weight excluding hydrogens is 150 g/mol. The Kier molecular flexibility index (Phi) is 3.33. The topological polar surface area (TPSA) is 12.0 Å². The van der Waals surface area contributed by atoms with E-state index in [0.29, 0.717) is 0 Å². The molecule has 60 valence electrons. The Morgan fingerprint density at radius 2 is 1.91 bits per heavy atom. The average molecular weight is 165 g/mol. The molecule has 1 aromatic carbocycles. The molecule has 0 aliphatic rings. The van der Waals surface area contributed by atoms with Gasteiger partial charge in [0.2, 0.25) is 0 Å². The van der Waals surface area contributed by atoms with Crippen molar-refractivity contribution < 1.29 is 0 Å². The highest BCUT2D eigenvalue weighted by atomic mass is 28.2. The molecule has 0 bridgehead atoms. The van der Waals surface area contributed by atoms with Crippen LogP contribution in [0.2, 0.25) is 0 Å². The standard InChI is InChI=1S/C9H15NSi/c1-8-2-4-9(5-3-8)6-7-10-11/h2-5,10H,6-7H2,1,11H3. The van der Waals surface area contributed by atoms with Crippen LogP contribution in [0.15, 0.2) is 24.3 Å². The fraction of sp³-hybridized carbons (Fsp3) is 0.333. The maximum Gasteiger partial charge on any atom is 0.0749 e. The van der Waals surface area contributed by atoms with Crippen molar-refractivity contribution in [3.63, 3.8) is 0 Å². The lowest BCUT2D eigenvalue weighted by Crippen LogP contribution is -2.12. The van der Waals surface area contributed by atoms with Crippen LogP contribution >= 0.6 is 0 Å². The van der Waals surface area contributed by atoms with Gasteiger partial charge in [-0.2, -0.15) is 0 Å². The molecule has 0 amide bonds. The van der Waals surface area contributed by atoms with Crippen LogP contribution in [0, 0.1) is 6.92 Å². The van der Waals surface area contributed by atoms with E-state index in [1.54, 1.807) is 0 Å². The van der Waals surface area contributed by atoms with Gasteiger partial charge >= 0.3 is 0 Å². The van der Waals surface area contributed by atoms with Crippen molar-refractivity contribution in [1.29, 1.82) is 0 Å². The highest BCUT2D eigenvalue weighted by Crippen LogP contribution is 2.02. The second-order valence-electron chi connectivity index (χ2n) is 2.84. The normalized spacial score (nSPS) is 10.3. The lowest BCUT2D eigenvalue weighted by molar-refractivity contribution is 0.897. The summed E-state index contributed by atoms with van der Waals surface area (Å²) in [6, 6.07) is 8.74. The molecule has 0 saturated carbocycles. The fourth-order valence-electron chi connectivity index (χ4n) is 1.02. The predicted octanol–water partition coefficient (Wildman–Crippen LogP) is 0.408. The first kappa shape index (κ1) is 8.49. The molecule has 11 heavy (non-hydrogen) atoms. The molecule has 0 aliphatic carbocycles. The van der Waals surface area contributed by atoms with Gasteiger partial charge in [0.15, 0.2) is 0 Å². The Hall–Kier alpha value is -0.603. The number of aryl methyl sites for hydroxylation is 1. The van der Waals surface area contributed by atoms with Crippen molar-refractivity contribution in [3.05, 3.63) is 35.4 Å². The Balaban J connectivity index is 2.52. The Bertz CT molecular complexity index is 205. The Morgan fingerprint density at radius 3 is 2.45 bits per heavy atom. The first-order chi connectivity index (χ1) is 5.33. The van der Waals surface area contributed by atoms with Gasteiger partial charge in [-0.05, 0) is 25.5 Å². The monoisotopic (exact) mass is 165 g/mol. The lowest BCUT2D eigenvalue weighted by atomic mass is 10.1. The first-order valence-electron chi connectivity index (χ1n) is 4.03. The van der Waals surface area contributed by atoms with Gasteiger partial charge in [0.05, 0.1) is 10.4 Å². The number of hydrogen-bond donors (Lipinski definition) is 1. The molecule has 1 nitrogen and oxygen atoms in total. The fourth-order valence-corrected chi connectivity index (χ4v) is 1.27. The smallest absolute Gasteiger partial charge is 0.0749 e. The van der Waals surface area contributed by atoms with E-state index in [1.165, 1.54) is 11.1 Å². The van der Waals surface area contributed by atoms with E-state index in [2.05, 4.69) is 36.2 Å². The molecule has 1 aromatic rings. The molecule has 0 fully saturated rings. The molecule has 0 atom stereocenters. The summed E-state index contributed by atoms with van der Waals surface area (Å²) in [5, 5.41) is 0. The summed E-state index contributed by atoms with van der Waals surface area (Å²) in [6.45, 7) is 3.24. The van der Waals surface area contributed by atoms with Crippen molar-refractivity contribution in [1.82, 2.24) is 4.98 Å². The maximum absolute atomic E-state index is 3.27. The summed E-state index contributed by atoms with van der Waals surface area (Å²) >= 11 is 0. The molecule has 0 unspecified atom stereocenters. The first-order valence-corrected chi connectivity index (χ1v) is 5.03. The summed E-state index contributed by atoms with van der Waals surface area (Å²) < 4.78 is 0. The molecule has 0 heterocycles. The average Bonchev–Trinajstić information content (AvgIpc) is 2.04. The molecule has 1 N–H and O–H groups in total. The highest BCUT2D eigenvalue weighted by Gasteiger charge is 1.89. The number of rotatable bonds is 3. The van der Waals surface area contributed by atoms with Gasteiger partial charge in [-0.1, -0.05) is 29.8 Å². The Morgan fingerprint density at radius 1 is 1.27 bits per heavy atom. The minimum absolute atomic E-state index is 1.10. The molecule has 0 saturated heterocycles. The van der Waals surface area contributed by atoms with Crippen molar-refractivity contribution in [2.45, 2.75) is 13.3 Å². The molecule has 0 radical (unpaired) electrons. The van der Waals surface area contributed by atoms with Gasteiger partial charge in [-0.25, -0.2) is 0 Å². The largest absolute Gasteiger partial charge is 0.345 e. The summed E-state index contributed by atoms with van der Waals surface area (Å²) in [6.07, 6.45) is 1.16. The van der Waals surface area contributed by atoms with E-state index in [1.807, 2.05) is 0 Å². The van der Waals surface area contributed by atoms with Gasteiger partial charge in [0, 0.05) is 0 Å². The van der Waals surface area contributed by atoms with E-state index in [-0.39, 0.29) is 0 Å². The minimum Gasteiger partial charge on any atom is -0.345 e. The Labute approximate surface area is 71.3 Å². The van der Waals surface area contributed by atoms with E-state index < -0.39 is 0 Å². The third kappa shape index (κ3) is 2.86. The van der Waals surface area contributed by atoms with Crippen LogP contribution in [-0.4, -0.2) is 16.9 Å². The van der Waals surface area contributed by atoms with Gasteiger partial charge in [-0.3, -0.25) is 0 Å². The van der Waals surface area contributed by atoms with Crippen LogP contribution < -0.4 is 4.98 Å². The predicted molar refractivity (Wildman–Crippen MR) is 52.8 cm³/mol. The van der Waals surface area contributed by atoms with Crippen LogP contribution in [0.3, 0.4) is 0 Å². The summed E-state index contributed by atoms with van der Waals surface area (Å²) in [7, 11) is 1.10. The van der Waals surface area contributed by atoms with E-state index >= 15 is 0 Å². The molecular formula is C9H15NSi. The van der Waals surface area contributed by atoms with Gasteiger partial charge in [-0.15, -0.1) is 0 Å². The molecule has 1 rings (SSSR count). The zero-order valence-electron chi connectivity index (χ0n) is 7.22. The van der Waals surface area contributed by atoms with Gasteiger partial charge < -0.3 is 4.98 Å². The number of hydrogen-bond acceptors (Lipinski definition) is 1. The number of nitrogens with one attached hydrogen (secondary N) is 1. The molecule has 2 heteroatoms. The van der Waals surface area contributed by atoms with Crippen LogP contribution in [0.5, 0.6) is 0 Å². The molecule has 0 aromatic heterocycles. The zero-order chi connectivity index (χ0) is 8.10. The SMILES string of the molecule is Cc1ccc(CCN[SiH3])cc1. The maximum atomic E-state index is 3.27.